The Morgan fingerprint density at radius 3 is 2.22 bits per heavy atom. The lowest BCUT2D eigenvalue weighted by molar-refractivity contribution is -0.237. The molecule has 2 aliphatic rings. The van der Waals surface area contributed by atoms with Gasteiger partial charge in [0.15, 0.2) is 0 Å². The Kier molecular flexibility index (Phi) is 5.44. The van der Waals surface area contributed by atoms with Crippen LogP contribution in [0, 0.1) is 20.8 Å². The number of phenols is 1. The van der Waals surface area contributed by atoms with Crippen molar-refractivity contribution in [2.75, 3.05) is 6.61 Å². The monoisotopic (exact) mass is 382 g/mol. The van der Waals surface area contributed by atoms with Gasteiger partial charge in [0.1, 0.15) is 41.5 Å². The van der Waals surface area contributed by atoms with E-state index in [9.17, 15) is 25.5 Å². The van der Waals surface area contributed by atoms with Gasteiger partial charge in [-0.3, -0.25) is 0 Å². The molecule has 0 aromatic heterocycles. The van der Waals surface area contributed by atoms with Crippen LogP contribution in [0.25, 0.3) is 0 Å². The van der Waals surface area contributed by atoms with Crippen molar-refractivity contribution >= 4 is 0 Å². The fourth-order valence-electron chi connectivity index (χ4n) is 4.21. The first kappa shape index (κ1) is 20.4. The molecule has 7 heteroatoms. The van der Waals surface area contributed by atoms with Crippen molar-refractivity contribution < 1.29 is 35.0 Å². The topological polar surface area (TPSA) is 120 Å². The van der Waals surface area contributed by atoms with Crippen molar-refractivity contribution in [3.8, 4) is 11.5 Å². The van der Waals surface area contributed by atoms with Gasteiger partial charge in [-0.25, -0.2) is 0 Å². The summed E-state index contributed by atoms with van der Waals surface area (Å²) in [6, 6.07) is 0. The Bertz CT molecular complexity index is 717. The largest absolute Gasteiger partial charge is 0.507 e. The Morgan fingerprint density at radius 1 is 0.963 bits per heavy atom. The van der Waals surface area contributed by atoms with Crippen LogP contribution in [0.5, 0.6) is 11.5 Å². The molecular formula is C20H30O7. The van der Waals surface area contributed by atoms with Crippen LogP contribution < -0.4 is 4.74 Å². The van der Waals surface area contributed by atoms with Crippen molar-refractivity contribution in [1.29, 1.82) is 0 Å². The molecule has 27 heavy (non-hydrogen) atoms. The van der Waals surface area contributed by atoms with Crippen LogP contribution in [0.3, 0.4) is 0 Å². The van der Waals surface area contributed by atoms with Crippen molar-refractivity contribution in [2.24, 2.45) is 0 Å². The third-order valence-electron chi connectivity index (χ3n) is 6.22. The van der Waals surface area contributed by atoms with E-state index in [1.54, 1.807) is 0 Å². The average Bonchev–Trinajstić information content (AvgIpc) is 2.65. The summed E-state index contributed by atoms with van der Waals surface area (Å²) < 4.78 is 12.0. The average molecular weight is 382 g/mol. The van der Waals surface area contributed by atoms with Crippen LogP contribution in [-0.4, -0.2) is 68.3 Å². The Morgan fingerprint density at radius 2 is 1.59 bits per heavy atom. The van der Waals surface area contributed by atoms with Crippen molar-refractivity contribution in [3.63, 3.8) is 0 Å². The smallest absolute Gasteiger partial charge is 0.127 e. The standard InChI is InChI=1S/C20H30O7/c1-9-10(2)19-12(11(3)15(9)22)5-6-20(4,27-19)7-13-16(23)18(25)17(24)14(8-21)26-13/h13-14,16-18,21-25H,5-8H2,1-4H3/t13-,14-,16+,17+,18-,20?/m1/s1. The van der Waals surface area contributed by atoms with Crippen LogP contribution in [0.4, 0.5) is 0 Å². The molecule has 5 N–H and O–H groups in total. The molecule has 3 rings (SSSR count). The maximum absolute atomic E-state index is 10.3. The normalized spacial score (nSPS) is 36.2. The summed E-state index contributed by atoms with van der Waals surface area (Å²) in [5.41, 5.74) is 2.82. The van der Waals surface area contributed by atoms with Crippen molar-refractivity contribution in [3.05, 3.63) is 22.3 Å². The number of rotatable bonds is 3. The molecule has 1 saturated heterocycles. The highest BCUT2D eigenvalue weighted by Gasteiger charge is 2.47. The molecule has 1 unspecified atom stereocenters. The van der Waals surface area contributed by atoms with Gasteiger partial charge in [0.05, 0.1) is 12.7 Å². The predicted octanol–water partition coefficient (Wildman–Crippen LogP) is 0.634. The molecule has 0 saturated carbocycles. The third-order valence-corrected chi connectivity index (χ3v) is 6.22. The zero-order valence-corrected chi connectivity index (χ0v) is 16.3. The summed E-state index contributed by atoms with van der Waals surface area (Å²) in [4.78, 5) is 0. The second kappa shape index (κ2) is 7.22. The molecule has 0 amide bonds. The molecule has 152 valence electrons. The molecule has 0 bridgehead atoms. The lowest BCUT2D eigenvalue weighted by atomic mass is 9.82. The maximum atomic E-state index is 10.3. The van der Waals surface area contributed by atoms with Gasteiger partial charge in [0, 0.05) is 12.0 Å². The first-order chi connectivity index (χ1) is 12.6. The van der Waals surface area contributed by atoms with Crippen molar-refractivity contribution in [1.82, 2.24) is 0 Å². The van der Waals surface area contributed by atoms with Crippen LogP contribution in [0.1, 0.15) is 42.0 Å². The van der Waals surface area contributed by atoms with Gasteiger partial charge in [-0.2, -0.15) is 0 Å². The second-order valence-corrected chi connectivity index (χ2v) is 8.15. The molecule has 1 aromatic carbocycles. The summed E-state index contributed by atoms with van der Waals surface area (Å²) >= 11 is 0. The minimum absolute atomic E-state index is 0.298. The first-order valence-electron chi connectivity index (χ1n) is 9.40. The Hall–Kier alpha value is -1.38. The molecule has 2 heterocycles. The number of benzene rings is 1. The minimum Gasteiger partial charge on any atom is -0.507 e. The van der Waals surface area contributed by atoms with Gasteiger partial charge >= 0.3 is 0 Å². The van der Waals surface area contributed by atoms with Crippen molar-refractivity contribution in [2.45, 2.75) is 83.1 Å². The van der Waals surface area contributed by atoms with E-state index in [4.69, 9.17) is 9.47 Å². The van der Waals surface area contributed by atoms with Crippen LogP contribution in [-0.2, 0) is 11.2 Å². The SMILES string of the molecule is Cc1c(C)c2c(c(C)c1O)CCC(C)(C[C@H]1O[C@H](CO)[C@H](O)[C@H](O)[C@H]1O)O2. The second-order valence-electron chi connectivity index (χ2n) is 8.15. The number of aliphatic hydroxyl groups is 4. The number of aliphatic hydroxyl groups excluding tert-OH is 4. The fourth-order valence-corrected chi connectivity index (χ4v) is 4.21. The van der Waals surface area contributed by atoms with E-state index in [-0.39, 0.29) is 0 Å². The molecule has 0 radical (unpaired) electrons. The molecule has 6 atom stereocenters. The highest BCUT2D eigenvalue weighted by molar-refractivity contribution is 5.58. The van der Waals surface area contributed by atoms with Crippen LogP contribution >= 0.6 is 0 Å². The summed E-state index contributed by atoms with van der Waals surface area (Å²) in [5, 5.41) is 50.0. The van der Waals surface area contributed by atoms with Gasteiger partial charge in [0.2, 0.25) is 0 Å². The first-order valence-corrected chi connectivity index (χ1v) is 9.40. The zero-order valence-electron chi connectivity index (χ0n) is 16.3. The Labute approximate surface area is 159 Å². The van der Waals surface area contributed by atoms with E-state index >= 15 is 0 Å². The third kappa shape index (κ3) is 3.43. The van der Waals surface area contributed by atoms with Crippen LogP contribution in [0.15, 0.2) is 0 Å². The zero-order chi connectivity index (χ0) is 20.1. The number of hydrogen-bond acceptors (Lipinski definition) is 7. The number of fused-ring (bicyclic) bond motifs is 1. The van der Waals surface area contributed by atoms with Gasteiger partial charge < -0.3 is 35.0 Å². The van der Waals surface area contributed by atoms with Gasteiger partial charge in [-0.05, 0) is 57.2 Å². The quantitative estimate of drug-likeness (QED) is 0.520. The predicted molar refractivity (Wildman–Crippen MR) is 98.1 cm³/mol. The summed E-state index contributed by atoms with van der Waals surface area (Å²) in [6.45, 7) is 7.12. The maximum Gasteiger partial charge on any atom is 0.127 e. The number of hydrogen-bond donors (Lipinski definition) is 5. The van der Waals surface area contributed by atoms with E-state index in [1.807, 2.05) is 27.7 Å². The minimum atomic E-state index is -1.39. The summed E-state index contributed by atoms with van der Waals surface area (Å²) in [6.07, 6.45) is -4.05. The molecule has 0 aliphatic carbocycles. The number of ether oxygens (including phenoxy) is 2. The lowest BCUT2D eigenvalue weighted by Crippen LogP contribution is -2.60. The van der Waals surface area contributed by atoms with E-state index in [2.05, 4.69) is 0 Å². The van der Waals surface area contributed by atoms with Gasteiger partial charge in [0.25, 0.3) is 0 Å². The summed E-state index contributed by atoms with van der Waals surface area (Å²) in [5.74, 6) is 1.05. The van der Waals surface area contributed by atoms with Crippen LogP contribution in [0.2, 0.25) is 0 Å². The summed E-state index contributed by atoms with van der Waals surface area (Å²) in [7, 11) is 0. The van der Waals surface area contributed by atoms with E-state index in [0.717, 1.165) is 28.0 Å². The van der Waals surface area contributed by atoms with E-state index in [1.165, 1.54) is 0 Å². The van der Waals surface area contributed by atoms with E-state index in [0.29, 0.717) is 25.0 Å². The van der Waals surface area contributed by atoms with E-state index < -0.39 is 42.7 Å². The molecule has 7 nitrogen and oxygen atoms in total. The lowest BCUT2D eigenvalue weighted by Gasteiger charge is -2.45. The molecule has 1 fully saturated rings. The highest BCUT2D eigenvalue weighted by Crippen LogP contribution is 2.45. The molecular weight excluding hydrogens is 352 g/mol. The molecule has 0 spiro atoms. The number of phenolic OH excluding ortho intramolecular Hbond substituents is 1. The Balaban J connectivity index is 1.85. The number of aromatic hydroxyl groups is 1. The molecule has 1 aromatic rings. The fraction of sp³-hybridized carbons (Fsp3) is 0.700. The van der Waals surface area contributed by atoms with Gasteiger partial charge in [-0.1, -0.05) is 0 Å². The molecule has 2 aliphatic heterocycles. The van der Waals surface area contributed by atoms with Gasteiger partial charge in [-0.15, -0.1) is 0 Å². The highest BCUT2D eigenvalue weighted by atomic mass is 16.5.